The van der Waals surface area contributed by atoms with Crippen LogP contribution in [-0.2, 0) is 26.2 Å². The molecule has 1 atom stereocenters. The molecular weight excluding hydrogens is 445 g/mol. The van der Waals surface area contributed by atoms with Crippen LogP contribution in [0.25, 0.3) is 0 Å². The lowest BCUT2D eigenvalue weighted by atomic mass is 10.1. The molecule has 1 unspecified atom stereocenters. The minimum atomic E-state index is -3.98. The number of hydrogen-bond donors (Lipinski definition) is 1. The first kappa shape index (κ1) is 24.6. The average molecular weight is 470 g/mol. The van der Waals surface area contributed by atoms with E-state index in [1.807, 2.05) is 0 Å². The van der Waals surface area contributed by atoms with E-state index in [1.165, 1.54) is 30.1 Å². The largest absolute Gasteiger partial charge is 0.357 e. The molecule has 168 valence electrons. The third-order valence-electron chi connectivity index (χ3n) is 4.70. The van der Waals surface area contributed by atoms with Crippen LogP contribution in [0.5, 0.6) is 0 Å². The summed E-state index contributed by atoms with van der Waals surface area (Å²) >= 11 is 5.92. The molecule has 0 fully saturated rings. The first-order valence-electron chi connectivity index (χ1n) is 9.56. The third-order valence-corrected chi connectivity index (χ3v) is 6.08. The van der Waals surface area contributed by atoms with Gasteiger partial charge in [-0.25, -0.2) is 12.8 Å². The summed E-state index contributed by atoms with van der Waals surface area (Å²) in [4.78, 5) is 27.0. The highest BCUT2D eigenvalue weighted by Crippen LogP contribution is 2.22. The minimum Gasteiger partial charge on any atom is -0.357 e. The van der Waals surface area contributed by atoms with Gasteiger partial charge in [0.2, 0.25) is 21.8 Å². The van der Waals surface area contributed by atoms with E-state index >= 15 is 0 Å². The summed E-state index contributed by atoms with van der Waals surface area (Å²) < 4.78 is 39.7. The van der Waals surface area contributed by atoms with Crippen molar-refractivity contribution in [2.75, 3.05) is 24.2 Å². The van der Waals surface area contributed by atoms with E-state index in [0.717, 1.165) is 12.3 Å². The van der Waals surface area contributed by atoms with Crippen LogP contribution in [0.2, 0.25) is 5.02 Å². The second kappa shape index (κ2) is 10.6. The fourth-order valence-electron chi connectivity index (χ4n) is 3.12. The first-order chi connectivity index (χ1) is 14.6. The van der Waals surface area contributed by atoms with Crippen LogP contribution in [-0.4, -0.2) is 51.0 Å². The van der Waals surface area contributed by atoms with Gasteiger partial charge in [-0.15, -0.1) is 0 Å². The van der Waals surface area contributed by atoms with Gasteiger partial charge in [-0.05, 0) is 36.2 Å². The van der Waals surface area contributed by atoms with Crippen LogP contribution < -0.4 is 9.62 Å². The Balaban J connectivity index is 2.43. The molecule has 0 aromatic heterocycles. The van der Waals surface area contributed by atoms with Gasteiger partial charge in [-0.1, -0.05) is 42.8 Å². The second-order valence-corrected chi connectivity index (χ2v) is 9.25. The summed E-state index contributed by atoms with van der Waals surface area (Å²) in [5, 5.41) is 3.04. The summed E-state index contributed by atoms with van der Waals surface area (Å²) in [6.45, 7) is 1.14. The third kappa shape index (κ3) is 6.41. The number of benzene rings is 2. The fourth-order valence-corrected chi connectivity index (χ4v) is 4.10. The summed E-state index contributed by atoms with van der Waals surface area (Å²) in [5.74, 6) is -1.80. The number of nitrogens with zero attached hydrogens (tertiary/aromatic N) is 2. The Hall–Kier alpha value is -2.65. The molecule has 2 aromatic rings. The normalized spacial score (nSPS) is 12.2. The molecule has 2 amide bonds. The number of carbonyl (C=O) groups excluding carboxylic acids is 2. The number of likely N-dealkylation sites (N-methyl/N-ethyl adjacent to an activating group) is 1. The van der Waals surface area contributed by atoms with Gasteiger partial charge in [0.05, 0.1) is 11.9 Å². The Labute approximate surface area is 186 Å². The molecule has 0 saturated carbocycles. The van der Waals surface area contributed by atoms with E-state index in [1.54, 1.807) is 31.2 Å². The lowest BCUT2D eigenvalue weighted by Gasteiger charge is -2.32. The average Bonchev–Trinajstić information content (AvgIpc) is 2.72. The van der Waals surface area contributed by atoms with Gasteiger partial charge in [0, 0.05) is 18.6 Å². The van der Waals surface area contributed by atoms with E-state index in [9.17, 15) is 22.4 Å². The second-order valence-electron chi connectivity index (χ2n) is 6.91. The predicted octanol–water partition coefficient (Wildman–Crippen LogP) is 2.80. The van der Waals surface area contributed by atoms with Crippen LogP contribution in [0.4, 0.5) is 10.1 Å². The maximum absolute atomic E-state index is 14.3. The standard InChI is InChI=1S/C21H25ClFN3O4S/c1-4-18(21(28)24-2)25(13-15-9-11-16(22)12-10-15)20(27)14-26(31(3,29)30)19-8-6-5-7-17(19)23/h5-12,18H,4,13-14H2,1-3H3,(H,24,28). The summed E-state index contributed by atoms with van der Waals surface area (Å²) in [6, 6.07) is 11.2. The zero-order chi connectivity index (χ0) is 23.2. The van der Waals surface area contributed by atoms with E-state index < -0.39 is 34.3 Å². The van der Waals surface area contributed by atoms with Crippen LogP contribution in [0.3, 0.4) is 0 Å². The van der Waals surface area contributed by atoms with Crippen molar-refractivity contribution < 1.29 is 22.4 Å². The zero-order valence-electron chi connectivity index (χ0n) is 17.5. The van der Waals surface area contributed by atoms with Crippen molar-refractivity contribution >= 4 is 39.1 Å². The number of rotatable bonds is 9. The van der Waals surface area contributed by atoms with Crippen molar-refractivity contribution in [3.05, 3.63) is 64.9 Å². The van der Waals surface area contributed by atoms with E-state index in [0.29, 0.717) is 21.3 Å². The van der Waals surface area contributed by atoms with Gasteiger partial charge in [-0.2, -0.15) is 0 Å². The van der Waals surface area contributed by atoms with Crippen molar-refractivity contribution in [1.29, 1.82) is 0 Å². The highest BCUT2D eigenvalue weighted by atomic mass is 35.5. The zero-order valence-corrected chi connectivity index (χ0v) is 19.1. The number of halogens is 2. The summed E-state index contributed by atoms with van der Waals surface area (Å²) in [5.41, 5.74) is 0.467. The number of sulfonamides is 1. The van der Waals surface area contributed by atoms with Crippen molar-refractivity contribution in [2.45, 2.75) is 25.9 Å². The maximum atomic E-state index is 14.3. The molecule has 2 rings (SSSR count). The highest BCUT2D eigenvalue weighted by Gasteiger charge is 2.32. The lowest BCUT2D eigenvalue weighted by molar-refractivity contribution is -0.140. The van der Waals surface area contributed by atoms with Gasteiger partial charge in [0.15, 0.2) is 0 Å². The lowest BCUT2D eigenvalue weighted by Crippen LogP contribution is -2.51. The smallest absolute Gasteiger partial charge is 0.244 e. The van der Waals surface area contributed by atoms with Crippen LogP contribution in [0, 0.1) is 5.82 Å². The van der Waals surface area contributed by atoms with Gasteiger partial charge in [0.25, 0.3) is 0 Å². The minimum absolute atomic E-state index is 0.0524. The Bertz CT molecular complexity index is 1030. The molecule has 0 radical (unpaired) electrons. The summed E-state index contributed by atoms with van der Waals surface area (Å²) in [6.07, 6.45) is 1.20. The molecule has 7 nitrogen and oxygen atoms in total. The van der Waals surface area contributed by atoms with Crippen molar-refractivity contribution in [3.63, 3.8) is 0 Å². The van der Waals surface area contributed by atoms with Gasteiger partial charge in [0.1, 0.15) is 18.4 Å². The Morgan fingerprint density at radius 1 is 1.13 bits per heavy atom. The molecular formula is C21H25ClFN3O4S. The fraction of sp³-hybridized carbons (Fsp3) is 0.333. The van der Waals surface area contributed by atoms with Crippen LogP contribution in [0.1, 0.15) is 18.9 Å². The molecule has 0 saturated heterocycles. The Morgan fingerprint density at radius 3 is 2.26 bits per heavy atom. The van der Waals surface area contributed by atoms with Crippen molar-refractivity contribution in [2.24, 2.45) is 0 Å². The Kier molecular flexibility index (Phi) is 8.41. The number of hydrogen-bond acceptors (Lipinski definition) is 4. The molecule has 0 aliphatic rings. The van der Waals surface area contributed by atoms with Gasteiger partial charge < -0.3 is 10.2 Å². The SMILES string of the molecule is CCC(C(=O)NC)N(Cc1ccc(Cl)cc1)C(=O)CN(c1ccccc1F)S(C)(=O)=O. The maximum Gasteiger partial charge on any atom is 0.244 e. The molecule has 2 aromatic carbocycles. The number of amides is 2. The van der Waals surface area contributed by atoms with Gasteiger partial charge >= 0.3 is 0 Å². The van der Waals surface area contributed by atoms with E-state index in [-0.39, 0.29) is 18.1 Å². The molecule has 0 spiro atoms. The number of para-hydroxylation sites is 1. The Morgan fingerprint density at radius 2 is 1.74 bits per heavy atom. The number of nitrogens with one attached hydrogen (secondary N) is 1. The molecule has 0 heterocycles. The number of carbonyl (C=O) groups is 2. The monoisotopic (exact) mass is 469 g/mol. The molecule has 10 heteroatoms. The molecule has 31 heavy (non-hydrogen) atoms. The predicted molar refractivity (Wildman–Crippen MR) is 119 cm³/mol. The van der Waals surface area contributed by atoms with Gasteiger partial charge in [-0.3, -0.25) is 13.9 Å². The molecule has 0 aliphatic heterocycles. The summed E-state index contributed by atoms with van der Waals surface area (Å²) in [7, 11) is -2.52. The quantitative estimate of drug-likeness (QED) is 0.611. The first-order valence-corrected chi connectivity index (χ1v) is 11.8. The van der Waals surface area contributed by atoms with E-state index in [2.05, 4.69) is 5.32 Å². The van der Waals surface area contributed by atoms with Crippen LogP contribution in [0.15, 0.2) is 48.5 Å². The highest BCUT2D eigenvalue weighted by molar-refractivity contribution is 7.92. The van der Waals surface area contributed by atoms with E-state index in [4.69, 9.17) is 11.6 Å². The topological polar surface area (TPSA) is 86.8 Å². The molecule has 0 bridgehead atoms. The molecule has 0 aliphatic carbocycles. The molecule has 1 N–H and O–H groups in total. The van der Waals surface area contributed by atoms with Crippen molar-refractivity contribution in [1.82, 2.24) is 10.2 Å². The van der Waals surface area contributed by atoms with Crippen molar-refractivity contribution in [3.8, 4) is 0 Å². The van der Waals surface area contributed by atoms with Crippen LogP contribution >= 0.6 is 11.6 Å². The number of anilines is 1.